The van der Waals surface area contributed by atoms with Crippen molar-refractivity contribution in [1.82, 2.24) is 5.32 Å². The van der Waals surface area contributed by atoms with Crippen LogP contribution < -0.4 is 10.1 Å². The van der Waals surface area contributed by atoms with Crippen molar-refractivity contribution in [2.24, 2.45) is 0 Å². The minimum absolute atomic E-state index is 0.0885. The molecule has 0 fully saturated rings. The Labute approximate surface area is 223 Å². The second kappa shape index (κ2) is 14.1. The standard InChI is InChI=1S/C27H29F3NO7P/c28-27(29,30)38-23-13-7-12-22(16-23)19-39(34,35)24(31-26(33)37-18-21-10-5-2-6-11-21)14-15-25(32)36-17-20-8-3-1-4-9-20/h1-13,16,24-25,32H,14-15,17-19H2,(H,31,33)(H,34,35). The van der Waals surface area contributed by atoms with Crippen LogP contribution in [0.5, 0.6) is 5.75 Å². The summed E-state index contributed by atoms with van der Waals surface area (Å²) in [5, 5.41) is 12.7. The first-order chi connectivity index (χ1) is 18.5. The van der Waals surface area contributed by atoms with E-state index in [9.17, 15) is 32.5 Å². The molecular formula is C27H29F3NO7P. The van der Waals surface area contributed by atoms with Gasteiger partial charge in [0.2, 0.25) is 7.37 Å². The maximum atomic E-state index is 13.4. The minimum atomic E-state index is -4.93. The van der Waals surface area contributed by atoms with Gasteiger partial charge in [-0.05, 0) is 35.2 Å². The van der Waals surface area contributed by atoms with Crippen molar-refractivity contribution < 1.29 is 46.7 Å². The average Bonchev–Trinajstić information content (AvgIpc) is 2.88. The number of alkyl carbamates (subject to hydrolysis) is 1. The number of rotatable bonds is 13. The summed E-state index contributed by atoms with van der Waals surface area (Å²) < 4.78 is 65.6. The van der Waals surface area contributed by atoms with E-state index in [4.69, 9.17) is 9.47 Å². The fraction of sp³-hybridized carbons (Fsp3) is 0.296. The molecule has 0 spiro atoms. The van der Waals surface area contributed by atoms with Gasteiger partial charge in [-0.3, -0.25) is 4.57 Å². The molecule has 3 atom stereocenters. The Kier molecular flexibility index (Phi) is 10.9. The lowest BCUT2D eigenvalue weighted by molar-refractivity contribution is -0.274. The van der Waals surface area contributed by atoms with E-state index in [1.165, 1.54) is 12.1 Å². The number of nitrogens with one attached hydrogen (secondary N) is 1. The van der Waals surface area contributed by atoms with Gasteiger partial charge in [0.25, 0.3) is 0 Å². The monoisotopic (exact) mass is 567 g/mol. The predicted molar refractivity (Wildman–Crippen MR) is 137 cm³/mol. The topological polar surface area (TPSA) is 114 Å². The quantitative estimate of drug-likeness (QED) is 0.173. The lowest BCUT2D eigenvalue weighted by atomic mass is 10.2. The molecule has 1 amide bonds. The molecule has 0 saturated carbocycles. The summed E-state index contributed by atoms with van der Waals surface area (Å²) >= 11 is 0. The van der Waals surface area contributed by atoms with E-state index in [0.717, 1.165) is 17.7 Å². The average molecular weight is 567 g/mol. The molecule has 12 heteroatoms. The van der Waals surface area contributed by atoms with Gasteiger partial charge in [0, 0.05) is 6.42 Å². The maximum absolute atomic E-state index is 13.4. The second-order valence-electron chi connectivity index (χ2n) is 8.66. The zero-order valence-electron chi connectivity index (χ0n) is 20.8. The summed E-state index contributed by atoms with van der Waals surface area (Å²) in [6.07, 6.45) is -8.05. The SMILES string of the molecule is O=C(NC(CCC(O)OCc1ccccc1)P(=O)(O)Cc1cccc(OC(F)(F)F)c1)OCc1ccccc1. The van der Waals surface area contributed by atoms with Crippen LogP contribution in [-0.2, 0) is 33.4 Å². The zero-order valence-corrected chi connectivity index (χ0v) is 21.7. The van der Waals surface area contributed by atoms with Crippen molar-refractivity contribution in [2.75, 3.05) is 0 Å². The van der Waals surface area contributed by atoms with Gasteiger partial charge in [-0.15, -0.1) is 13.2 Å². The van der Waals surface area contributed by atoms with E-state index in [1.54, 1.807) is 42.5 Å². The number of halogens is 3. The molecule has 210 valence electrons. The Morgan fingerprint density at radius 2 is 1.46 bits per heavy atom. The molecule has 0 bridgehead atoms. The fourth-order valence-corrected chi connectivity index (χ4v) is 5.44. The molecule has 39 heavy (non-hydrogen) atoms. The third-order valence-corrected chi connectivity index (χ3v) is 7.68. The van der Waals surface area contributed by atoms with Crippen LogP contribution >= 0.6 is 7.37 Å². The maximum Gasteiger partial charge on any atom is 0.573 e. The van der Waals surface area contributed by atoms with Crippen molar-refractivity contribution in [2.45, 2.75) is 50.7 Å². The molecule has 3 rings (SSSR count). The van der Waals surface area contributed by atoms with Crippen molar-refractivity contribution in [3.05, 3.63) is 102 Å². The molecule has 0 radical (unpaired) electrons. The van der Waals surface area contributed by atoms with Crippen LogP contribution in [0, 0.1) is 0 Å². The number of carbonyl (C=O) groups is 1. The van der Waals surface area contributed by atoms with E-state index >= 15 is 0 Å². The highest BCUT2D eigenvalue weighted by molar-refractivity contribution is 7.57. The molecule has 0 aliphatic heterocycles. The van der Waals surface area contributed by atoms with Crippen LogP contribution in [0.15, 0.2) is 84.9 Å². The Morgan fingerprint density at radius 1 is 0.872 bits per heavy atom. The molecule has 0 saturated heterocycles. The number of hydrogen-bond acceptors (Lipinski definition) is 6. The number of benzene rings is 3. The normalized spacial score (nSPS) is 14.6. The number of ether oxygens (including phenoxy) is 3. The Hall–Kier alpha value is -3.37. The number of aliphatic hydroxyl groups excluding tert-OH is 1. The van der Waals surface area contributed by atoms with Crippen molar-refractivity contribution in [3.63, 3.8) is 0 Å². The molecular weight excluding hydrogens is 538 g/mol. The minimum Gasteiger partial charge on any atom is -0.445 e. The third-order valence-electron chi connectivity index (χ3n) is 5.50. The molecule has 0 aliphatic rings. The van der Waals surface area contributed by atoms with Crippen LogP contribution in [0.4, 0.5) is 18.0 Å². The van der Waals surface area contributed by atoms with Crippen molar-refractivity contribution >= 4 is 13.5 Å². The summed E-state index contributed by atoms with van der Waals surface area (Å²) in [6, 6.07) is 22.5. The van der Waals surface area contributed by atoms with Crippen molar-refractivity contribution in [1.29, 1.82) is 0 Å². The van der Waals surface area contributed by atoms with Gasteiger partial charge in [-0.25, -0.2) is 4.79 Å². The van der Waals surface area contributed by atoms with E-state index < -0.39 is 43.8 Å². The second-order valence-corrected chi connectivity index (χ2v) is 11.1. The Bertz CT molecular complexity index is 1230. The number of amides is 1. The molecule has 0 heterocycles. The highest BCUT2D eigenvalue weighted by atomic mass is 31.2. The Balaban J connectivity index is 1.67. The van der Waals surface area contributed by atoms with Gasteiger partial charge < -0.3 is 29.5 Å². The highest BCUT2D eigenvalue weighted by Crippen LogP contribution is 2.50. The van der Waals surface area contributed by atoms with Gasteiger partial charge in [-0.1, -0.05) is 72.8 Å². The van der Waals surface area contributed by atoms with Gasteiger partial charge in [-0.2, -0.15) is 0 Å². The fourth-order valence-electron chi connectivity index (χ4n) is 3.64. The van der Waals surface area contributed by atoms with E-state index in [2.05, 4.69) is 10.1 Å². The molecule has 0 aliphatic carbocycles. The molecule has 3 unspecified atom stereocenters. The van der Waals surface area contributed by atoms with Crippen LogP contribution in [0.1, 0.15) is 29.5 Å². The first-order valence-corrected chi connectivity index (χ1v) is 13.9. The van der Waals surface area contributed by atoms with E-state index in [0.29, 0.717) is 5.56 Å². The molecule has 3 N–H and O–H groups in total. The van der Waals surface area contributed by atoms with E-state index in [1.807, 2.05) is 18.2 Å². The van der Waals surface area contributed by atoms with E-state index in [-0.39, 0.29) is 31.6 Å². The summed E-state index contributed by atoms with van der Waals surface area (Å²) in [7, 11) is -4.29. The molecule has 3 aromatic carbocycles. The lowest BCUT2D eigenvalue weighted by Gasteiger charge is -2.25. The van der Waals surface area contributed by atoms with Gasteiger partial charge in [0.15, 0.2) is 6.29 Å². The van der Waals surface area contributed by atoms with Gasteiger partial charge in [0.1, 0.15) is 18.1 Å². The van der Waals surface area contributed by atoms with Crippen LogP contribution in [0.25, 0.3) is 0 Å². The first kappa shape index (κ1) is 30.2. The largest absolute Gasteiger partial charge is 0.573 e. The highest BCUT2D eigenvalue weighted by Gasteiger charge is 2.34. The predicted octanol–water partition coefficient (Wildman–Crippen LogP) is 5.92. The van der Waals surface area contributed by atoms with Gasteiger partial charge >= 0.3 is 12.5 Å². The summed E-state index contributed by atoms with van der Waals surface area (Å²) in [4.78, 5) is 23.4. The van der Waals surface area contributed by atoms with Crippen LogP contribution in [0.3, 0.4) is 0 Å². The molecule has 8 nitrogen and oxygen atoms in total. The summed E-state index contributed by atoms with van der Waals surface area (Å²) in [5.41, 5.74) is 1.60. The van der Waals surface area contributed by atoms with Crippen molar-refractivity contribution in [3.8, 4) is 5.75 Å². The summed E-state index contributed by atoms with van der Waals surface area (Å²) in [5.74, 6) is -1.93. The number of aliphatic hydroxyl groups is 1. The Morgan fingerprint density at radius 3 is 2.08 bits per heavy atom. The van der Waals surface area contributed by atoms with Crippen LogP contribution in [-0.4, -0.2) is 34.5 Å². The summed E-state index contributed by atoms with van der Waals surface area (Å²) in [6.45, 7) is 0.0107. The first-order valence-electron chi connectivity index (χ1n) is 12.0. The smallest absolute Gasteiger partial charge is 0.445 e. The zero-order chi connectivity index (χ0) is 28.3. The van der Waals surface area contributed by atoms with Crippen LogP contribution in [0.2, 0.25) is 0 Å². The van der Waals surface area contributed by atoms with Gasteiger partial charge in [0.05, 0.1) is 12.8 Å². The third kappa shape index (κ3) is 11.1. The molecule has 0 aromatic heterocycles. The molecule has 3 aromatic rings. The number of hydrogen-bond donors (Lipinski definition) is 3. The number of alkyl halides is 3. The lowest BCUT2D eigenvalue weighted by Crippen LogP contribution is -2.36. The number of carbonyl (C=O) groups excluding carboxylic acids is 1.